The number of hydrogen-bond acceptors (Lipinski definition) is 9. The molecule has 2 heterocycles. The Kier molecular flexibility index (Phi) is 10.8. The molecule has 290 valence electrons. The minimum absolute atomic E-state index is 0.0153. The summed E-state index contributed by atoms with van der Waals surface area (Å²) in [5.74, 6) is 0.106. The summed E-state index contributed by atoms with van der Waals surface area (Å²) in [5, 5.41) is 64.3. The van der Waals surface area contributed by atoms with Gasteiger partial charge in [-0.05, 0) is 144 Å². The number of rotatable bonds is 10. The molecular weight excluding hydrogens is 644 g/mol. The highest BCUT2D eigenvalue weighted by Crippen LogP contribution is 2.70. The van der Waals surface area contributed by atoms with E-state index in [9.17, 15) is 30.3 Å². The average Bonchev–Trinajstić information content (AvgIpc) is 3.58. The fourth-order valence-electron chi connectivity index (χ4n) is 13.6. The second-order valence-electron chi connectivity index (χ2n) is 19.2. The maximum atomic E-state index is 14.2. The minimum atomic E-state index is -1.51. The van der Waals surface area contributed by atoms with Crippen molar-refractivity contribution in [2.45, 2.75) is 184 Å². The Morgan fingerprint density at radius 2 is 1.78 bits per heavy atom. The smallest absolute Gasteiger partial charge is 0.159 e. The maximum Gasteiger partial charge on any atom is 0.159 e. The summed E-state index contributed by atoms with van der Waals surface area (Å²) in [5.41, 5.74) is 1.32. The molecule has 9 nitrogen and oxygen atoms in total. The number of carbonyl (C=O) groups is 1. The highest BCUT2D eigenvalue weighted by atomic mass is 16.5. The molecule has 15 atom stereocenters. The van der Waals surface area contributed by atoms with E-state index >= 15 is 0 Å². The van der Waals surface area contributed by atoms with E-state index in [1.807, 2.05) is 6.92 Å². The molecule has 0 bridgehead atoms. The van der Waals surface area contributed by atoms with Crippen molar-refractivity contribution in [3.05, 3.63) is 11.6 Å². The van der Waals surface area contributed by atoms with Crippen molar-refractivity contribution in [3.8, 4) is 0 Å². The lowest BCUT2D eigenvalue weighted by Crippen LogP contribution is -2.68. The normalized spacial score (nSPS) is 49.6. The topological polar surface area (TPSA) is 166 Å². The van der Waals surface area contributed by atoms with E-state index in [0.717, 1.165) is 69.9 Å². The van der Waals surface area contributed by atoms with Gasteiger partial charge < -0.3 is 41.3 Å². The molecule has 7 rings (SSSR count). The number of unbranched alkanes of at least 4 members (excludes halogenated alkanes) is 3. The van der Waals surface area contributed by atoms with Gasteiger partial charge in [-0.25, -0.2) is 0 Å². The van der Waals surface area contributed by atoms with Gasteiger partial charge in [-0.15, -0.1) is 0 Å². The average molecular weight is 715 g/mol. The molecule has 9 heteroatoms. The van der Waals surface area contributed by atoms with E-state index in [0.29, 0.717) is 50.5 Å². The number of nitrogens with one attached hydrogen (secondary N) is 1. The highest BCUT2D eigenvalue weighted by Gasteiger charge is 2.72. The number of piperidine rings is 1. The van der Waals surface area contributed by atoms with Crippen LogP contribution in [0.4, 0.5) is 0 Å². The Morgan fingerprint density at radius 3 is 2.53 bits per heavy atom. The molecule has 2 unspecified atom stereocenters. The van der Waals surface area contributed by atoms with Gasteiger partial charge in [-0.3, -0.25) is 4.79 Å². The largest absolute Gasteiger partial charge is 0.390 e. The fourth-order valence-corrected chi connectivity index (χ4v) is 13.6. The van der Waals surface area contributed by atoms with E-state index in [4.69, 9.17) is 10.5 Å². The number of aliphatic hydroxyl groups is 5. The van der Waals surface area contributed by atoms with Crippen molar-refractivity contribution < 1.29 is 35.1 Å². The van der Waals surface area contributed by atoms with Gasteiger partial charge in [-0.1, -0.05) is 52.4 Å². The first-order chi connectivity index (χ1) is 24.2. The zero-order chi connectivity index (χ0) is 36.4. The molecule has 6 fully saturated rings. The zero-order valence-electron chi connectivity index (χ0n) is 31.8. The first-order valence-electron chi connectivity index (χ1n) is 21.1. The summed E-state index contributed by atoms with van der Waals surface area (Å²) in [4.78, 5) is 14.2. The predicted molar refractivity (Wildman–Crippen MR) is 196 cm³/mol. The van der Waals surface area contributed by atoms with E-state index in [2.05, 4.69) is 19.2 Å². The molecule has 0 radical (unpaired) electrons. The van der Waals surface area contributed by atoms with Gasteiger partial charge in [-0.2, -0.15) is 0 Å². The monoisotopic (exact) mass is 715 g/mol. The van der Waals surface area contributed by atoms with Crippen LogP contribution in [0.2, 0.25) is 0 Å². The molecule has 7 aliphatic rings. The zero-order valence-corrected chi connectivity index (χ0v) is 31.8. The number of nitrogens with two attached hydrogens (primary N) is 1. The van der Waals surface area contributed by atoms with Gasteiger partial charge in [0.15, 0.2) is 5.78 Å². The molecule has 0 aromatic heterocycles. The summed E-state index contributed by atoms with van der Waals surface area (Å²) in [6, 6.07) is 0. The van der Waals surface area contributed by atoms with Crippen molar-refractivity contribution in [2.75, 3.05) is 13.2 Å². The summed E-state index contributed by atoms with van der Waals surface area (Å²) in [6.45, 7) is 7.62. The van der Waals surface area contributed by atoms with E-state index < -0.39 is 57.8 Å². The minimum Gasteiger partial charge on any atom is -0.390 e. The van der Waals surface area contributed by atoms with Crippen molar-refractivity contribution >= 4 is 5.78 Å². The summed E-state index contributed by atoms with van der Waals surface area (Å²) < 4.78 is 6.55. The van der Waals surface area contributed by atoms with Crippen LogP contribution < -0.4 is 11.1 Å². The number of fused-ring (bicyclic) bond motifs is 6. The molecule has 51 heavy (non-hydrogen) atoms. The molecule has 8 N–H and O–H groups in total. The second kappa shape index (κ2) is 14.3. The number of allylic oxidation sites excluding steroid dienone is 1. The summed E-state index contributed by atoms with van der Waals surface area (Å²) >= 11 is 0. The van der Waals surface area contributed by atoms with Crippen molar-refractivity contribution in [1.29, 1.82) is 0 Å². The predicted octanol–water partition coefficient (Wildman–Crippen LogP) is 4.89. The Hall–Kier alpha value is -0.910. The van der Waals surface area contributed by atoms with E-state index in [1.54, 1.807) is 6.08 Å². The first kappa shape index (κ1) is 38.4. The van der Waals surface area contributed by atoms with E-state index in [1.165, 1.54) is 25.7 Å². The fraction of sp³-hybridized carbons (Fsp3) is 0.929. The van der Waals surface area contributed by atoms with Crippen LogP contribution in [0.5, 0.6) is 0 Å². The maximum absolute atomic E-state index is 14.2. The molecule has 0 aromatic carbocycles. The molecule has 2 saturated heterocycles. The molecule has 0 spiro atoms. The lowest BCUT2D eigenvalue weighted by molar-refractivity contribution is -0.248. The van der Waals surface area contributed by atoms with Crippen LogP contribution in [0.15, 0.2) is 11.6 Å². The van der Waals surface area contributed by atoms with Crippen molar-refractivity contribution in [3.63, 3.8) is 0 Å². The number of carbonyl (C=O) groups excluding carboxylic acids is 1. The molecule has 2 aliphatic heterocycles. The van der Waals surface area contributed by atoms with Crippen LogP contribution in [0.25, 0.3) is 0 Å². The quantitative estimate of drug-likeness (QED) is 0.156. The van der Waals surface area contributed by atoms with Crippen molar-refractivity contribution in [1.82, 2.24) is 5.32 Å². The SMILES string of the molecule is CCCCCC[C@H]1CO[C@H]2[C@H]1CCCC[C@]2(O)[C@](C)(O)[C@@H]1CC[C@]2(O)C3=CC(=O)[C@H]4C[C@@H](O)[C@@H](O)C[C@]4(CCC4CCC(N)NC4)[C@@H]3CC[C@]12C. The first-order valence-corrected chi connectivity index (χ1v) is 21.1. The lowest BCUT2D eigenvalue weighted by atomic mass is 9.43. The Labute approximate surface area is 306 Å². The van der Waals surface area contributed by atoms with Crippen LogP contribution in [0.3, 0.4) is 0 Å². The highest BCUT2D eigenvalue weighted by molar-refractivity contribution is 5.95. The number of ether oxygens (including phenoxy) is 1. The number of ketones is 1. The van der Waals surface area contributed by atoms with Gasteiger partial charge in [0.05, 0.1) is 42.3 Å². The van der Waals surface area contributed by atoms with Crippen LogP contribution in [-0.4, -0.2) is 85.7 Å². The number of aliphatic hydroxyl groups excluding tert-OH is 2. The third-order valence-electron chi connectivity index (χ3n) is 16.7. The van der Waals surface area contributed by atoms with Crippen LogP contribution in [0.1, 0.15) is 143 Å². The van der Waals surface area contributed by atoms with Crippen LogP contribution in [-0.2, 0) is 9.53 Å². The molecule has 5 aliphatic carbocycles. The Bertz CT molecular complexity index is 1300. The Balaban J connectivity index is 1.17. The standard InChI is InChI=1S/C42H70N2O7/c1-4-5-6-7-10-27-25-51-37-28(27)11-8-9-17-42(37,50)39(3,48)35-16-20-41(49)30-21-32(45)31-22-33(46)34(47)23-40(31,29(30)15-18-38(35,41)2)19-14-26-12-13-36(43)44-24-26/h21,26-29,31,33-37,44,46-50H,4-20,22-25,43H2,1-3H3/t26?,27-,28-,29+,31+,33+,34-,35+,36?,37-,38+,39+,40+,41-,42+/m0/s1. The van der Waals surface area contributed by atoms with Gasteiger partial charge in [0.25, 0.3) is 0 Å². The molecular formula is C42H70N2O7. The lowest BCUT2D eigenvalue weighted by Gasteiger charge is -2.62. The van der Waals surface area contributed by atoms with Gasteiger partial charge >= 0.3 is 0 Å². The van der Waals surface area contributed by atoms with Crippen molar-refractivity contribution in [2.24, 2.45) is 52.1 Å². The molecule has 0 amide bonds. The molecule has 0 aromatic rings. The molecule has 4 saturated carbocycles. The summed E-state index contributed by atoms with van der Waals surface area (Å²) in [6.07, 6.45) is 15.3. The third-order valence-corrected chi connectivity index (χ3v) is 16.7. The number of hydrogen-bond donors (Lipinski definition) is 7. The van der Waals surface area contributed by atoms with Gasteiger partial charge in [0.2, 0.25) is 0 Å². The second-order valence-corrected chi connectivity index (χ2v) is 19.2. The van der Waals surface area contributed by atoms with Crippen LogP contribution >= 0.6 is 0 Å². The summed E-state index contributed by atoms with van der Waals surface area (Å²) in [7, 11) is 0. The van der Waals surface area contributed by atoms with E-state index in [-0.39, 0.29) is 30.2 Å². The van der Waals surface area contributed by atoms with Crippen LogP contribution in [0, 0.1) is 46.3 Å². The third kappa shape index (κ3) is 6.15. The van der Waals surface area contributed by atoms with Gasteiger partial charge in [0.1, 0.15) is 5.60 Å². The van der Waals surface area contributed by atoms with Gasteiger partial charge in [0, 0.05) is 11.3 Å². The Morgan fingerprint density at radius 1 is 0.980 bits per heavy atom.